The fraction of sp³-hybridized carbons (Fsp3) is 0.250. The van der Waals surface area contributed by atoms with Crippen LogP contribution in [0.5, 0.6) is 0 Å². The molecule has 0 aliphatic carbocycles. The molecule has 2 rings (SSSR count). The molecule has 0 radical (unpaired) electrons. The molecule has 2 aromatic rings. The van der Waals surface area contributed by atoms with Crippen molar-refractivity contribution in [3.8, 4) is 0 Å². The Bertz CT molecular complexity index is 640. The van der Waals surface area contributed by atoms with Crippen molar-refractivity contribution in [3.63, 3.8) is 0 Å². The van der Waals surface area contributed by atoms with Crippen molar-refractivity contribution in [3.05, 3.63) is 52.2 Å². The third-order valence-electron chi connectivity index (χ3n) is 3.18. The second-order valence-corrected chi connectivity index (χ2v) is 6.21. The third-order valence-corrected chi connectivity index (χ3v) is 4.20. The topological polar surface area (TPSA) is 62.6 Å². The van der Waals surface area contributed by atoms with Gasteiger partial charge in [0.1, 0.15) is 6.54 Å². The van der Waals surface area contributed by atoms with Gasteiger partial charge in [-0.3, -0.25) is 10.1 Å². The molecule has 22 heavy (non-hydrogen) atoms. The second-order valence-electron chi connectivity index (χ2n) is 5.21. The maximum absolute atomic E-state index is 11.9. The maximum Gasteiger partial charge on any atom is 0.326 e. The molecular formula is C16H20N3O2S+. The summed E-state index contributed by atoms with van der Waals surface area (Å²) in [5, 5.41) is 7.02. The van der Waals surface area contributed by atoms with Crippen LogP contribution in [0.25, 0.3) is 0 Å². The Morgan fingerprint density at radius 1 is 1.18 bits per heavy atom. The summed E-state index contributed by atoms with van der Waals surface area (Å²) in [5.74, 6) is -0.292. The highest BCUT2D eigenvalue weighted by Gasteiger charge is 2.14. The molecule has 0 bridgehead atoms. The average molecular weight is 318 g/mol. The van der Waals surface area contributed by atoms with E-state index in [1.807, 2.05) is 30.6 Å². The summed E-state index contributed by atoms with van der Waals surface area (Å²) in [6.07, 6.45) is 0. The van der Waals surface area contributed by atoms with Crippen LogP contribution in [0, 0.1) is 6.92 Å². The predicted molar refractivity (Wildman–Crippen MR) is 88.1 cm³/mol. The number of anilines is 1. The fourth-order valence-corrected chi connectivity index (χ4v) is 3.07. The lowest BCUT2D eigenvalue weighted by atomic mass is 10.3. The summed E-state index contributed by atoms with van der Waals surface area (Å²) in [4.78, 5) is 25.9. The minimum atomic E-state index is -0.503. The number of hydrogen-bond donors (Lipinski definition) is 3. The van der Waals surface area contributed by atoms with E-state index in [-0.39, 0.29) is 12.5 Å². The van der Waals surface area contributed by atoms with Crippen molar-refractivity contribution in [1.82, 2.24) is 5.32 Å². The van der Waals surface area contributed by atoms with Crippen molar-refractivity contribution >= 4 is 29.0 Å². The van der Waals surface area contributed by atoms with Crippen LogP contribution in [-0.4, -0.2) is 25.5 Å². The van der Waals surface area contributed by atoms with Gasteiger partial charge in [-0.15, -0.1) is 11.3 Å². The van der Waals surface area contributed by atoms with Crippen LogP contribution in [0.15, 0.2) is 41.8 Å². The zero-order valence-electron chi connectivity index (χ0n) is 12.7. The largest absolute Gasteiger partial charge is 0.326 e. The number of thiophene rings is 1. The molecule has 6 heteroatoms. The number of quaternary nitrogens is 1. The second kappa shape index (κ2) is 7.72. The summed E-state index contributed by atoms with van der Waals surface area (Å²) in [5.41, 5.74) is 1.90. The fourth-order valence-electron chi connectivity index (χ4n) is 2.05. The van der Waals surface area contributed by atoms with Crippen molar-refractivity contribution in [2.75, 3.05) is 18.9 Å². The highest BCUT2D eigenvalue weighted by atomic mass is 32.1. The minimum Gasteiger partial charge on any atom is -0.325 e. The van der Waals surface area contributed by atoms with Crippen LogP contribution in [0.4, 0.5) is 10.5 Å². The van der Waals surface area contributed by atoms with Gasteiger partial charge in [0.15, 0.2) is 6.54 Å². The number of hydrogen-bond acceptors (Lipinski definition) is 3. The molecule has 1 aromatic heterocycles. The first-order chi connectivity index (χ1) is 10.5. The Morgan fingerprint density at radius 2 is 1.91 bits per heavy atom. The molecular weight excluding hydrogens is 298 g/mol. The van der Waals surface area contributed by atoms with Crippen molar-refractivity contribution in [1.29, 1.82) is 0 Å². The van der Waals surface area contributed by atoms with Gasteiger partial charge in [-0.25, -0.2) is 4.79 Å². The van der Waals surface area contributed by atoms with Crippen LogP contribution in [-0.2, 0) is 11.3 Å². The van der Waals surface area contributed by atoms with E-state index in [1.165, 1.54) is 10.4 Å². The number of imide groups is 1. The van der Waals surface area contributed by atoms with Gasteiger partial charge in [0.2, 0.25) is 0 Å². The van der Waals surface area contributed by atoms with E-state index in [0.29, 0.717) is 5.69 Å². The number of aryl methyl sites for hydroxylation is 1. The normalized spacial score (nSPS) is 11.7. The van der Waals surface area contributed by atoms with E-state index in [4.69, 9.17) is 0 Å². The van der Waals surface area contributed by atoms with Gasteiger partial charge in [-0.1, -0.05) is 18.2 Å². The Hall–Kier alpha value is -2.18. The van der Waals surface area contributed by atoms with Gasteiger partial charge in [0.05, 0.1) is 11.9 Å². The lowest BCUT2D eigenvalue weighted by Gasteiger charge is -2.13. The standard InChI is InChI=1S/C16H19N3O2S/c1-12-8-9-22-14(12)10-19(2)11-15(20)18-16(21)17-13-6-4-3-5-7-13/h3-9H,10-11H2,1-2H3,(H2,17,18,20,21)/p+1. The van der Waals surface area contributed by atoms with E-state index in [0.717, 1.165) is 11.4 Å². The van der Waals surface area contributed by atoms with E-state index >= 15 is 0 Å². The van der Waals surface area contributed by atoms with Gasteiger partial charge in [0.25, 0.3) is 5.91 Å². The number of rotatable bonds is 5. The number of para-hydroxylation sites is 1. The summed E-state index contributed by atoms with van der Waals surface area (Å²) in [6, 6.07) is 10.6. The molecule has 5 nitrogen and oxygen atoms in total. The monoisotopic (exact) mass is 318 g/mol. The van der Waals surface area contributed by atoms with E-state index in [2.05, 4.69) is 23.6 Å². The molecule has 0 saturated heterocycles. The number of likely N-dealkylation sites (N-methyl/N-ethyl adjacent to an activating group) is 1. The summed E-state index contributed by atoms with van der Waals surface area (Å²) < 4.78 is 0. The average Bonchev–Trinajstić information content (AvgIpc) is 2.84. The quantitative estimate of drug-likeness (QED) is 0.781. The lowest BCUT2D eigenvalue weighted by molar-refractivity contribution is -0.885. The smallest absolute Gasteiger partial charge is 0.325 e. The highest BCUT2D eigenvalue weighted by Crippen LogP contribution is 2.13. The first-order valence-corrected chi connectivity index (χ1v) is 7.92. The third kappa shape index (κ3) is 4.98. The highest BCUT2D eigenvalue weighted by molar-refractivity contribution is 7.10. The molecule has 0 fully saturated rings. The lowest BCUT2D eigenvalue weighted by Crippen LogP contribution is -3.08. The SMILES string of the molecule is Cc1ccsc1C[NH+](C)CC(=O)NC(=O)Nc1ccccc1. The predicted octanol–water partition coefficient (Wildman–Crippen LogP) is 1.42. The number of carbonyl (C=O) groups excluding carboxylic acids is 2. The zero-order valence-corrected chi connectivity index (χ0v) is 13.5. The molecule has 1 heterocycles. The van der Waals surface area contributed by atoms with Gasteiger partial charge in [-0.05, 0) is 36.1 Å². The first kappa shape index (κ1) is 16.2. The van der Waals surface area contributed by atoms with E-state index < -0.39 is 6.03 Å². The van der Waals surface area contributed by atoms with Crippen molar-refractivity contribution in [2.24, 2.45) is 0 Å². The van der Waals surface area contributed by atoms with Crippen LogP contribution in [0.3, 0.4) is 0 Å². The Morgan fingerprint density at radius 3 is 2.55 bits per heavy atom. The molecule has 3 amide bonds. The molecule has 1 atom stereocenters. The molecule has 1 aromatic carbocycles. The molecule has 0 aliphatic heterocycles. The summed E-state index contributed by atoms with van der Waals surface area (Å²) >= 11 is 1.69. The Kier molecular flexibility index (Phi) is 5.68. The molecule has 3 N–H and O–H groups in total. The van der Waals surface area contributed by atoms with Gasteiger partial charge in [-0.2, -0.15) is 0 Å². The molecule has 116 valence electrons. The minimum absolute atomic E-state index is 0.250. The van der Waals surface area contributed by atoms with Crippen LogP contribution < -0.4 is 15.5 Å². The number of urea groups is 1. The van der Waals surface area contributed by atoms with Gasteiger partial charge in [0, 0.05) is 5.69 Å². The van der Waals surface area contributed by atoms with E-state index in [1.54, 1.807) is 23.5 Å². The first-order valence-electron chi connectivity index (χ1n) is 7.04. The maximum atomic E-state index is 11.9. The van der Waals surface area contributed by atoms with Crippen LogP contribution >= 0.6 is 11.3 Å². The van der Waals surface area contributed by atoms with Gasteiger partial charge >= 0.3 is 6.03 Å². The number of amides is 3. The summed E-state index contributed by atoms with van der Waals surface area (Å²) in [6.45, 7) is 3.09. The van der Waals surface area contributed by atoms with Crippen molar-refractivity contribution in [2.45, 2.75) is 13.5 Å². The molecule has 1 unspecified atom stereocenters. The number of carbonyl (C=O) groups is 2. The van der Waals surface area contributed by atoms with Crippen LogP contribution in [0.1, 0.15) is 10.4 Å². The molecule has 0 spiro atoms. The molecule has 0 saturated carbocycles. The number of nitrogens with one attached hydrogen (secondary N) is 3. The van der Waals surface area contributed by atoms with Gasteiger partial charge < -0.3 is 10.2 Å². The summed E-state index contributed by atoms with van der Waals surface area (Å²) in [7, 11) is 1.94. The van der Waals surface area contributed by atoms with Crippen molar-refractivity contribution < 1.29 is 14.5 Å². The van der Waals surface area contributed by atoms with E-state index in [9.17, 15) is 9.59 Å². The zero-order chi connectivity index (χ0) is 15.9. The Labute approximate surface area is 134 Å². The molecule has 0 aliphatic rings. The Balaban J connectivity index is 1.77. The van der Waals surface area contributed by atoms with Crippen LogP contribution in [0.2, 0.25) is 0 Å². The number of benzene rings is 1.